The first kappa shape index (κ1) is 17.4. The third-order valence-corrected chi connectivity index (χ3v) is 3.06. The van der Waals surface area contributed by atoms with Crippen LogP contribution in [0.1, 0.15) is 57.1 Å². The molecule has 0 saturated carbocycles. The van der Waals surface area contributed by atoms with E-state index in [1.165, 1.54) is 6.07 Å². The Morgan fingerprint density at radius 2 is 1.81 bits per heavy atom. The molecule has 116 valence electrons. The van der Waals surface area contributed by atoms with Gasteiger partial charge in [0, 0.05) is 22.2 Å². The van der Waals surface area contributed by atoms with Gasteiger partial charge in [0.2, 0.25) is 0 Å². The molecule has 1 heterocycles. The molecular formula is C15H21ClN2O3. The number of nitrogens with zero attached hydrogens (tertiary/aromatic N) is 1. The van der Waals surface area contributed by atoms with Gasteiger partial charge in [0.05, 0.1) is 6.42 Å². The van der Waals surface area contributed by atoms with Gasteiger partial charge in [0.25, 0.3) is 5.91 Å². The van der Waals surface area contributed by atoms with E-state index in [0.29, 0.717) is 11.3 Å². The summed E-state index contributed by atoms with van der Waals surface area (Å²) < 4.78 is 0. The molecule has 0 unspecified atom stereocenters. The lowest BCUT2D eigenvalue weighted by Gasteiger charge is -2.25. The highest BCUT2D eigenvalue weighted by molar-refractivity contribution is 6.29. The van der Waals surface area contributed by atoms with Crippen molar-refractivity contribution in [1.29, 1.82) is 0 Å². The highest BCUT2D eigenvalue weighted by Crippen LogP contribution is 2.23. The van der Waals surface area contributed by atoms with Gasteiger partial charge in [0.15, 0.2) is 0 Å². The van der Waals surface area contributed by atoms with Crippen LogP contribution in [0.15, 0.2) is 12.1 Å². The van der Waals surface area contributed by atoms with Gasteiger partial charge in [-0.15, -0.1) is 0 Å². The van der Waals surface area contributed by atoms with Crippen LogP contribution >= 0.6 is 11.6 Å². The quantitative estimate of drug-likeness (QED) is 0.838. The molecule has 1 aromatic rings. The number of pyridine rings is 1. The van der Waals surface area contributed by atoms with Crippen LogP contribution in [-0.4, -0.2) is 27.5 Å². The monoisotopic (exact) mass is 312 g/mol. The first-order valence-electron chi connectivity index (χ1n) is 6.63. The van der Waals surface area contributed by atoms with Crippen LogP contribution < -0.4 is 5.32 Å². The average Bonchev–Trinajstić information content (AvgIpc) is 2.24. The van der Waals surface area contributed by atoms with Crippen LogP contribution in [0.4, 0.5) is 0 Å². The number of aliphatic carboxylic acids is 1. The molecule has 0 bridgehead atoms. The van der Waals surface area contributed by atoms with Gasteiger partial charge in [-0.05, 0) is 26.0 Å². The normalized spacial score (nSPS) is 12.1. The van der Waals surface area contributed by atoms with Crippen molar-refractivity contribution in [2.45, 2.75) is 52.0 Å². The Balaban J connectivity index is 3.03. The first-order chi connectivity index (χ1) is 9.40. The van der Waals surface area contributed by atoms with Crippen LogP contribution in [0.5, 0.6) is 0 Å². The summed E-state index contributed by atoms with van der Waals surface area (Å²) in [4.78, 5) is 27.3. The van der Waals surface area contributed by atoms with Crippen molar-refractivity contribution in [3.63, 3.8) is 0 Å². The van der Waals surface area contributed by atoms with Gasteiger partial charge in [0.1, 0.15) is 5.15 Å². The number of carboxylic acid groups (broad SMARTS) is 1. The van der Waals surface area contributed by atoms with Crippen LogP contribution in [0.25, 0.3) is 0 Å². The number of halogens is 1. The van der Waals surface area contributed by atoms with Gasteiger partial charge in [-0.1, -0.05) is 32.4 Å². The van der Waals surface area contributed by atoms with Crippen molar-refractivity contribution in [1.82, 2.24) is 10.3 Å². The molecule has 21 heavy (non-hydrogen) atoms. The second-order valence-corrected chi connectivity index (χ2v) is 7.11. The third-order valence-electron chi connectivity index (χ3n) is 2.87. The minimum atomic E-state index is -0.969. The minimum absolute atomic E-state index is 0.163. The number of carbonyl (C=O) groups excluding carboxylic acids is 1. The first-order valence-corrected chi connectivity index (χ1v) is 7.01. The molecule has 0 aliphatic heterocycles. The van der Waals surface area contributed by atoms with Crippen LogP contribution in [0, 0.1) is 0 Å². The van der Waals surface area contributed by atoms with Gasteiger partial charge in [-0.3, -0.25) is 9.59 Å². The second kappa shape index (κ2) is 6.02. The van der Waals surface area contributed by atoms with E-state index >= 15 is 0 Å². The highest BCUT2D eigenvalue weighted by atomic mass is 35.5. The van der Waals surface area contributed by atoms with E-state index in [2.05, 4.69) is 10.3 Å². The largest absolute Gasteiger partial charge is 0.481 e. The zero-order valence-electron chi connectivity index (χ0n) is 13.0. The number of nitrogens with one attached hydrogen (secondary N) is 1. The van der Waals surface area contributed by atoms with Gasteiger partial charge in [-0.25, -0.2) is 4.98 Å². The Morgan fingerprint density at radius 1 is 1.24 bits per heavy atom. The summed E-state index contributed by atoms with van der Waals surface area (Å²) in [5.74, 6) is -1.33. The number of rotatable bonds is 4. The molecule has 5 nitrogen and oxygen atoms in total. The van der Waals surface area contributed by atoms with Crippen LogP contribution in [0.2, 0.25) is 5.15 Å². The highest BCUT2D eigenvalue weighted by Gasteiger charge is 2.25. The molecule has 2 N–H and O–H groups in total. The predicted molar refractivity (Wildman–Crippen MR) is 81.7 cm³/mol. The van der Waals surface area contributed by atoms with E-state index in [4.69, 9.17) is 16.7 Å². The van der Waals surface area contributed by atoms with E-state index < -0.39 is 11.5 Å². The fraction of sp³-hybridized carbons (Fsp3) is 0.533. The Morgan fingerprint density at radius 3 is 2.29 bits per heavy atom. The Bertz CT molecular complexity index is 563. The molecular weight excluding hydrogens is 292 g/mol. The molecule has 0 fully saturated rings. The summed E-state index contributed by atoms with van der Waals surface area (Å²) in [6, 6.07) is 3.15. The SMILES string of the molecule is CC(C)(CC(=O)O)NC(=O)c1cc(Cl)nc(C(C)(C)C)c1. The lowest BCUT2D eigenvalue weighted by Crippen LogP contribution is -2.45. The fourth-order valence-corrected chi connectivity index (χ4v) is 2.02. The molecule has 0 aromatic carbocycles. The molecule has 6 heteroatoms. The molecule has 0 aliphatic rings. The topological polar surface area (TPSA) is 79.3 Å². The van der Waals surface area contributed by atoms with Gasteiger partial charge >= 0.3 is 5.97 Å². The molecule has 0 aliphatic carbocycles. The van der Waals surface area contributed by atoms with E-state index in [9.17, 15) is 9.59 Å². The number of amides is 1. The maximum atomic E-state index is 12.3. The van der Waals surface area contributed by atoms with Crippen molar-refractivity contribution in [2.75, 3.05) is 0 Å². The molecule has 1 rings (SSSR count). The smallest absolute Gasteiger partial charge is 0.305 e. The number of aromatic nitrogens is 1. The zero-order chi connectivity index (χ0) is 16.4. The predicted octanol–water partition coefficient (Wildman–Crippen LogP) is 3.02. The molecule has 1 amide bonds. The van der Waals surface area contributed by atoms with Gasteiger partial charge in [-0.2, -0.15) is 0 Å². The summed E-state index contributed by atoms with van der Waals surface area (Å²) in [5, 5.41) is 11.8. The summed E-state index contributed by atoms with van der Waals surface area (Å²) in [6.45, 7) is 9.24. The van der Waals surface area contributed by atoms with Crippen molar-refractivity contribution in [3.05, 3.63) is 28.5 Å². The number of hydrogen-bond acceptors (Lipinski definition) is 3. The summed E-state index contributed by atoms with van der Waals surface area (Å²) in [6.07, 6.45) is -0.163. The molecule has 0 spiro atoms. The van der Waals surface area contributed by atoms with Crippen LogP contribution in [-0.2, 0) is 10.2 Å². The lowest BCUT2D eigenvalue weighted by atomic mass is 9.90. The van der Waals surface area contributed by atoms with Crippen molar-refractivity contribution in [2.24, 2.45) is 0 Å². The standard InChI is InChI=1S/C15H21ClN2O3/c1-14(2,3)10-6-9(7-11(16)17-10)13(21)18-15(4,5)8-12(19)20/h6-7H,8H2,1-5H3,(H,18,21)(H,19,20). The lowest BCUT2D eigenvalue weighted by molar-refractivity contribution is -0.138. The fourth-order valence-electron chi connectivity index (χ4n) is 1.81. The third kappa shape index (κ3) is 5.34. The molecule has 1 aromatic heterocycles. The minimum Gasteiger partial charge on any atom is -0.481 e. The molecule has 0 radical (unpaired) electrons. The van der Waals surface area contributed by atoms with E-state index in [1.54, 1.807) is 19.9 Å². The number of carbonyl (C=O) groups is 2. The van der Waals surface area contributed by atoms with Crippen molar-refractivity contribution >= 4 is 23.5 Å². The van der Waals surface area contributed by atoms with E-state index in [1.807, 2.05) is 20.8 Å². The number of carboxylic acids is 1. The Hall–Kier alpha value is -1.62. The molecule has 0 atom stereocenters. The van der Waals surface area contributed by atoms with E-state index in [-0.39, 0.29) is 22.9 Å². The second-order valence-electron chi connectivity index (χ2n) is 6.72. The Labute approximate surface area is 129 Å². The summed E-state index contributed by atoms with van der Waals surface area (Å²) in [7, 11) is 0. The Kier molecular flexibility index (Phi) is 4.99. The van der Waals surface area contributed by atoms with Crippen molar-refractivity contribution < 1.29 is 14.7 Å². The maximum absolute atomic E-state index is 12.3. The average molecular weight is 313 g/mol. The van der Waals surface area contributed by atoms with E-state index in [0.717, 1.165) is 0 Å². The number of hydrogen-bond donors (Lipinski definition) is 2. The zero-order valence-corrected chi connectivity index (χ0v) is 13.7. The molecule has 0 saturated heterocycles. The van der Waals surface area contributed by atoms with Crippen molar-refractivity contribution in [3.8, 4) is 0 Å². The summed E-state index contributed by atoms with van der Waals surface area (Å²) in [5.41, 5.74) is -0.00792. The maximum Gasteiger partial charge on any atom is 0.305 e. The van der Waals surface area contributed by atoms with Gasteiger partial charge < -0.3 is 10.4 Å². The van der Waals surface area contributed by atoms with Crippen LogP contribution in [0.3, 0.4) is 0 Å². The summed E-state index contributed by atoms with van der Waals surface area (Å²) >= 11 is 5.97.